The van der Waals surface area contributed by atoms with E-state index in [1.165, 1.54) is 0 Å². The maximum atomic E-state index is 12.5. The molecule has 1 amide bonds. The van der Waals surface area contributed by atoms with Crippen molar-refractivity contribution in [3.05, 3.63) is 48.0 Å². The van der Waals surface area contributed by atoms with Crippen LogP contribution in [-0.2, 0) is 0 Å². The standard InChI is InChI=1S/C19H21N3O/c1-14(12-20)22-10-4-7-18(13-22)21-19(23)17-9-8-15-5-2-3-6-16(15)11-17/h2-3,5-6,8-9,11,14,18H,4,7,10,13H2,1H3,(H,21,23). The summed E-state index contributed by atoms with van der Waals surface area (Å²) >= 11 is 0. The average molecular weight is 307 g/mol. The molecule has 0 bridgehead atoms. The highest BCUT2D eigenvalue weighted by Crippen LogP contribution is 2.17. The van der Waals surface area contributed by atoms with E-state index in [0.29, 0.717) is 5.56 Å². The Balaban J connectivity index is 1.69. The highest BCUT2D eigenvalue weighted by atomic mass is 16.1. The number of hydrogen-bond donors (Lipinski definition) is 1. The summed E-state index contributed by atoms with van der Waals surface area (Å²) in [5, 5.41) is 14.4. The van der Waals surface area contributed by atoms with E-state index in [9.17, 15) is 4.79 Å². The second kappa shape index (κ2) is 6.80. The van der Waals surface area contributed by atoms with E-state index in [-0.39, 0.29) is 18.0 Å². The normalized spacial score (nSPS) is 19.9. The Morgan fingerprint density at radius 2 is 2.09 bits per heavy atom. The first-order valence-corrected chi connectivity index (χ1v) is 8.10. The van der Waals surface area contributed by atoms with Crippen LogP contribution in [0.1, 0.15) is 30.1 Å². The van der Waals surface area contributed by atoms with Crippen LogP contribution in [0.2, 0.25) is 0 Å². The molecule has 118 valence electrons. The molecule has 2 atom stereocenters. The number of nitriles is 1. The fourth-order valence-electron chi connectivity index (χ4n) is 3.16. The summed E-state index contributed by atoms with van der Waals surface area (Å²) in [4.78, 5) is 14.6. The lowest BCUT2D eigenvalue weighted by Crippen LogP contribution is -2.50. The van der Waals surface area contributed by atoms with Crippen molar-refractivity contribution in [2.45, 2.75) is 31.8 Å². The summed E-state index contributed by atoms with van der Waals surface area (Å²) < 4.78 is 0. The van der Waals surface area contributed by atoms with Gasteiger partial charge in [0.05, 0.1) is 12.1 Å². The van der Waals surface area contributed by atoms with Crippen LogP contribution in [0, 0.1) is 11.3 Å². The first-order valence-electron chi connectivity index (χ1n) is 8.10. The van der Waals surface area contributed by atoms with E-state index in [4.69, 9.17) is 5.26 Å². The fraction of sp³-hybridized carbons (Fsp3) is 0.368. The van der Waals surface area contributed by atoms with Gasteiger partial charge < -0.3 is 5.32 Å². The monoisotopic (exact) mass is 307 g/mol. The predicted molar refractivity (Wildman–Crippen MR) is 91.1 cm³/mol. The first kappa shape index (κ1) is 15.5. The third kappa shape index (κ3) is 3.52. The van der Waals surface area contributed by atoms with Crippen molar-refractivity contribution < 1.29 is 4.79 Å². The molecule has 3 rings (SSSR count). The largest absolute Gasteiger partial charge is 0.348 e. The molecule has 2 aromatic carbocycles. The van der Waals surface area contributed by atoms with Gasteiger partial charge in [0.15, 0.2) is 0 Å². The summed E-state index contributed by atoms with van der Waals surface area (Å²) in [7, 11) is 0. The van der Waals surface area contributed by atoms with Gasteiger partial charge in [-0.25, -0.2) is 0 Å². The number of fused-ring (bicyclic) bond motifs is 1. The van der Waals surface area contributed by atoms with Gasteiger partial charge >= 0.3 is 0 Å². The number of amides is 1. The van der Waals surface area contributed by atoms with Crippen LogP contribution in [0.25, 0.3) is 10.8 Å². The molecule has 1 heterocycles. The lowest BCUT2D eigenvalue weighted by Gasteiger charge is -2.34. The zero-order chi connectivity index (χ0) is 16.2. The molecule has 0 radical (unpaired) electrons. The van der Waals surface area contributed by atoms with Crippen LogP contribution in [-0.4, -0.2) is 36.0 Å². The zero-order valence-corrected chi connectivity index (χ0v) is 13.3. The molecule has 23 heavy (non-hydrogen) atoms. The number of piperidine rings is 1. The quantitative estimate of drug-likeness (QED) is 0.948. The zero-order valence-electron chi connectivity index (χ0n) is 13.3. The molecule has 2 unspecified atom stereocenters. The summed E-state index contributed by atoms with van der Waals surface area (Å²) in [6.45, 7) is 3.58. The molecule has 2 aromatic rings. The van der Waals surface area contributed by atoms with Crippen molar-refractivity contribution in [3.63, 3.8) is 0 Å². The van der Waals surface area contributed by atoms with Gasteiger partial charge in [-0.2, -0.15) is 5.26 Å². The molecule has 0 spiro atoms. The number of nitrogens with zero attached hydrogens (tertiary/aromatic N) is 2. The molecule has 0 aromatic heterocycles. The molecule has 0 saturated carbocycles. The minimum atomic E-state index is -0.102. The molecule has 1 N–H and O–H groups in total. The molecule has 4 heteroatoms. The van der Waals surface area contributed by atoms with Crippen LogP contribution in [0.4, 0.5) is 0 Å². The van der Waals surface area contributed by atoms with Gasteiger partial charge in [0.25, 0.3) is 5.91 Å². The summed E-state index contributed by atoms with van der Waals surface area (Å²) in [5.74, 6) is -0.0350. The maximum Gasteiger partial charge on any atom is 0.251 e. The Kier molecular flexibility index (Phi) is 4.59. The summed E-state index contributed by atoms with van der Waals surface area (Å²) in [5.41, 5.74) is 0.689. The van der Waals surface area contributed by atoms with E-state index in [0.717, 1.165) is 36.7 Å². The number of rotatable bonds is 3. The molecule has 1 fully saturated rings. The molecule has 1 aliphatic rings. The molecule has 0 aliphatic carbocycles. The van der Waals surface area contributed by atoms with Crippen molar-refractivity contribution in [1.29, 1.82) is 5.26 Å². The van der Waals surface area contributed by atoms with Gasteiger partial charge in [-0.1, -0.05) is 30.3 Å². The van der Waals surface area contributed by atoms with E-state index in [2.05, 4.69) is 16.3 Å². The molecular weight excluding hydrogens is 286 g/mol. The Labute approximate surface area is 136 Å². The third-order valence-corrected chi connectivity index (χ3v) is 4.53. The first-order chi connectivity index (χ1) is 11.2. The highest BCUT2D eigenvalue weighted by Gasteiger charge is 2.24. The fourth-order valence-corrected chi connectivity index (χ4v) is 3.16. The number of carbonyl (C=O) groups is 1. The minimum Gasteiger partial charge on any atom is -0.348 e. The maximum absolute atomic E-state index is 12.5. The number of benzene rings is 2. The lowest BCUT2D eigenvalue weighted by molar-refractivity contribution is 0.0895. The van der Waals surface area contributed by atoms with Crippen molar-refractivity contribution in [1.82, 2.24) is 10.2 Å². The highest BCUT2D eigenvalue weighted by molar-refractivity contribution is 5.98. The van der Waals surface area contributed by atoms with E-state index < -0.39 is 0 Å². The van der Waals surface area contributed by atoms with Gasteiger partial charge in [-0.05, 0) is 49.2 Å². The van der Waals surface area contributed by atoms with Crippen molar-refractivity contribution in [2.24, 2.45) is 0 Å². The molecule has 1 aliphatic heterocycles. The van der Waals surface area contributed by atoms with Crippen LogP contribution < -0.4 is 5.32 Å². The number of hydrogen-bond acceptors (Lipinski definition) is 3. The van der Waals surface area contributed by atoms with E-state index in [1.54, 1.807) is 0 Å². The van der Waals surface area contributed by atoms with Crippen molar-refractivity contribution in [3.8, 4) is 6.07 Å². The topological polar surface area (TPSA) is 56.1 Å². The average Bonchev–Trinajstić information content (AvgIpc) is 2.60. The van der Waals surface area contributed by atoms with Crippen LogP contribution in [0.15, 0.2) is 42.5 Å². The van der Waals surface area contributed by atoms with E-state index >= 15 is 0 Å². The second-order valence-corrected chi connectivity index (χ2v) is 6.17. The molecule has 1 saturated heterocycles. The minimum absolute atomic E-state index is 0.0350. The SMILES string of the molecule is CC(C#N)N1CCCC(NC(=O)c2ccc3ccccc3c2)C1. The third-order valence-electron chi connectivity index (χ3n) is 4.53. The van der Waals surface area contributed by atoms with Crippen molar-refractivity contribution >= 4 is 16.7 Å². The van der Waals surface area contributed by atoms with Crippen LogP contribution >= 0.6 is 0 Å². The van der Waals surface area contributed by atoms with Crippen molar-refractivity contribution in [2.75, 3.05) is 13.1 Å². The molecular formula is C19H21N3O. The molecule has 4 nitrogen and oxygen atoms in total. The summed E-state index contributed by atoms with van der Waals surface area (Å²) in [6.07, 6.45) is 1.97. The smallest absolute Gasteiger partial charge is 0.251 e. The Hall–Kier alpha value is -2.38. The lowest BCUT2D eigenvalue weighted by atomic mass is 10.0. The van der Waals surface area contributed by atoms with Gasteiger partial charge in [0.2, 0.25) is 0 Å². The number of carbonyl (C=O) groups excluding carboxylic acids is 1. The van der Waals surface area contributed by atoms with Gasteiger partial charge in [0, 0.05) is 18.2 Å². The number of nitrogens with one attached hydrogen (secondary N) is 1. The number of likely N-dealkylation sites (tertiary alicyclic amines) is 1. The Bertz CT molecular complexity index is 750. The second-order valence-electron chi connectivity index (χ2n) is 6.17. The summed E-state index contributed by atoms with van der Waals surface area (Å²) in [6, 6.07) is 16.1. The van der Waals surface area contributed by atoms with Gasteiger partial charge in [-0.15, -0.1) is 0 Å². The van der Waals surface area contributed by atoms with E-state index in [1.807, 2.05) is 49.4 Å². The Morgan fingerprint density at radius 3 is 2.87 bits per heavy atom. The van der Waals surface area contributed by atoms with Gasteiger partial charge in [-0.3, -0.25) is 9.69 Å². The predicted octanol–water partition coefficient (Wildman–Crippen LogP) is 2.95. The van der Waals surface area contributed by atoms with Crippen LogP contribution in [0.5, 0.6) is 0 Å². The van der Waals surface area contributed by atoms with Crippen LogP contribution in [0.3, 0.4) is 0 Å². The van der Waals surface area contributed by atoms with Gasteiger partial charge in [0.1, 0.15) is 0 Å². The Morgan fingerprint density at radius 1 is 1.30 bits per heavy atom.